The molecule has 2 rings (SSSR count). The van der Waals surface area contributed by atoms with E-state index < -0.39 is 5.97 Å². The highest BCUT2D eigenvalue weighted by Gasteiger charge is 2.06. The Morgan fingerprint density at radius 1 is 1.29 bits per heavy atom. The van der Waals surface area contributed by atoms with Crippen LogP contribution in [0.4, 0.5) is 0 Å². The third-order valence-electron chi connectivity index (χ3n) is 2.39. The van der Waals surface area contributed by atoms with Gasteiger partial charge < -0.3 is 9.52 Å². The molecule has 1 N–H and O–H groups in total. The van der Waals surface area contributed by atoms with Crippen molar-refractivity contribution < 1.29 is 14.3 Å². The molecule has 0 fully saturated rings. The van der Waals surface area contributed by atoms with Crippen LogP contribution in [0.5, 0.6) is 0 Å². The van der Waals surface area contributed by atoms with E-state index in [4.69, 9.17) is 9.52 Å². The van der Waals surface area contributed by atoms with Gasteiger partial charge in [-0.15, -0.1) is 0 Å². The summed E-state index contributed by atoms with van der Waals surface area (Å²) in [6, 6.07) is 9.70. The van der Waals surface area contributed by atoms with Gasteiger partial charge >= 0.3 is 5.97 Å². The number of carbonyl (C=O) groups is 1. The average Bonchev–Trinajstić information content (AvgIpc) is 2.78. The van der Waals surface area contributed by atoms with Crippen LogP contribution in [0.3, 0.4) is 0 Å². The van der Waals surface area contributed by atoms with Gasteiger partial charge in [-0.25, -0.2) is 4.98 Å². The topological polar surface area (TPSA) is 63.3 Å². The van der Waals surface area contributed by atoms with Crippen LogP contribution in [0.15, 0.2) is 40.9 Å². The van der Waals surface area contributed by atoms with Crippen LogP contribution in [-0.2, 0) is 11.2 Å². The first kappa shape index (κ1) is 11.4. The third-order valence-corrected chi connectivity index (χ3v) is 2.39. The molecule has 0 atom stereocenters. The van der Waals surface area contributed by atoms with Crippen LogP contribution in [0.1, 0.15) is 18.7 Å². The predicted molar refractivity (Wildman–Crippen MR) is 62.5 cm³/mol. The van der Waals surface area contributed by atoms with Crippen molar-refractivity contribution >= 4 is 5.97 Å². The first-order chi connectivity index (χ1) is 8.25. The largest absolute Gasteiger partial charge is 0.481 e. The molecule has 4 heteroatoms. The zero-order valence-electron chi connectivity index (χ0n) is 9.30. The van der Waals surface area contributed by atoms with Crippen LogP contribution < -0.4 is 0 Å². The second kappa shape index (κ2) is 5.30. The maximum atomic E-state index is 10.4. The quantitative estimate of drug-likeness (QED) is 0.859. The Kier molecular flexibility index (Phi) is 3.55. The Hall–Kier alpha value is -2.10. The molecule has 2 aromatic rings. The molecule has 4 nitrogen and oxygen atoms in total. The zero-order valence-corrected chi connectivity index (χ0v) is 9.30. The number of rotatable bonds is 5. The maximum absolute atomic E-state index is 10.4. The number of hydrogen-bond donors (Lipinski definition) is 1. The lowest BCUT2D eigenvalue weighted by molar-refractivity contribution is -0.137. The monoisotopic (exact) mass is 231 g/mol. The fraction of sp³-hybridized carbons (Fsp3) is 0.231. The standard InChI is InChI=1S/C13H13NO3/c15-13(16)8-4-7-12-14-9-11(17-12)10-5-2-1-3-6-10/h1-3,5-6,9H,4,7-8H2,(H,15,16). The normalized spacial score (nSPS) is 10.4. The second-order valence-electron chi connectivity index (χ2n) is 3.73. The number of aliphatic carboxylic acids is 1. The molecular formula is C13H13NO3. The van der Waals surface area contributed by atoms with Crippen LogP contribution in [0.2, 0.25) is 0 Å². The Balaban J connectivity index is 1.99. The van der Waals surface area contributed by atoms with E-state index in [1.165, 1.54) is 0 Å². The summed E-state index contributed by atoms with van der Waals surface area (Å²) in [5, 5.41) is 8.52. The minimum atomic E-state index is -0.792. The first-order valence-electron chi connectivity index (χ1n) is 5.47. The van der Waals surface area contributed by atoms with Gasteiger partial charge in [-0.1, -0.05) is 30.3 Å². The van der Waals surface area contributed by atoms with Gasteiger partial charge in [0.05, 0.1) is 6.20 Å². The van der Waals surface area contributed by atoms with E-state index in [1.54, 1.807) is 6.20 Å². The highest BCUT2D eigenvalue weighted by atomic mass is 16.4. The molecule has 0 radical (unpaired) electrons. The van der Waals surface area contributed by atoms with Crippen molar-refractivity contribution in [3.8, 4) is 11.3 Å². The van der Waals surface area contributed by atoms with Gasteiger partial charge in [-0.2, -0.15) is 0 Å². The summed E-state index contributed by atoms with van der Waals surface area (Å²) in [6.07, 6.45) is 2.91. The second-order valence-corrected chi connectivity index (χ2v) is 3.73. The van der Waals surface area contributed by atoms with Gasteiger partial charge in [-0.05, 0) is 6.42 Å². The van der Waals surface area contributed by atoms with Crippen molar-refractivity contribution in [1.82, 2.24) is 4.98 Å². The zero-order chi connectivity index (χ0) is 12.1. The van der Waals surface area contributed by atoms with Crippen LogP contribution in [-0.4, -0.2) is 16.1 Å². The molecule has 0 bridgehead atoms. The van der Waals surface area contributed by atoms with Crippen molar-refractivity contribution in [2.24, 2.45) is 0 Å². The van der Waals surface area contributed by atoms with Crippen molar-refractivity contribution in [3.05, 3.63) is 42.4 Å². The average molecular weight is 231 g/mol. The Morgan fingerprint density at radius 2 is 2.06 bits per heavy atom. The Bertz CT molecular complexity index is 490. The predicted octanol–water partition coefficient (Wildman–Crippen LogP) is 2.75. The van der Waals surface area contributed by atoms with Crippen molar-refractivity contribution in [2.75, 3.05) is 0 Å². The summed E-state index contributed by atoms with van der Waals surface area (Å²) in [4.78, 5) is 14.5. The van der Waals surface area contributed by atoms with Gasteiger partial charge in [0.2, 0.25) is 0 Å². The molecule has 0 aliphatic heterocycles. The molecule has 0 aliphatic carbocycles. The van der Waals surface area contributed by atoms with Crippen LogP contribution >= 0.6 is 0 Å². The fourth-order valence-corrected chi connectivity index (χ4v) is 1.55. The number of carboxylic acid groups (broad SMARTS) is 1. The molecule has 88 valence electrons. The lowest BCUT2D eigenvalue weighted by Crippen LogP contribution is -1.95. The third kappa shape index (κ3) is 3.17. The van der Waals surface area contributed by atoms with E-state index in [9.17, 15) is 4.79 Å². The first-order valence-corrected chi connectivity index (χ1v) is 5.47. The van der Waals surface area contributed by atoms with E-state index in [-0.39, 0.29) is 6.42 Å². The minimum Gasteiger partial charge on any atom is -0.481 e. The maximum Gasteiger partial charge on any atom is 0.303 e. The lowest BCUT2D eigenvalue weighted by Gasteiger charge is -1.95. The molecule has 0 saturated carbocycles. The molecule has 1 aromatic heterocycles. The van der Waals surface area contributed by atoms with Crippen molar-refractivity contribution in [3.63, 3.8) is 0 Å². The number of benzene rings is 1. The Morgan fingerprint density at radius 3 is 2.76 bits per heavy atom. The highest BCUT2D eigenvalue weighted by molar-refractivity contribution is 5.66. The number of aryl methyl sites for hydroxylation is 1. The van der Waals surface area contributed by atoms with Gasteiger partial charge in [0.1, 0.15) is 0 Å². The summed E-state index contributed by atoms with van der Waals surface area (Å²) < 4.78 is 5.55. The molecule has 0 spiro atoms. The van der Waals surface area contributed by atoms with E-state index in [0.717, 1.165) is 11.3 Å². The van der Waals surface area contributed by atoms with Gasteiger partial charge in [0, 0.05) is 18.4 Å². The summed E-state index contributed by atoms with van der Waals surface area (Å²) in [5.41, 5.74) is 0.976. The Labute approximate surface area is 98.9 Å². The van der Waals surface area contributed by atoms with Gasteiger partial charge in [0.25, 0.3) is 0 Å². The number of nitrogens with zero attached hydrogens (tertiary/aromatic N) is 1. The number of hydrogen-bond acceptors (Lipinski definition) is 3. The van der Waals surface area contributed by atoms with Crippen molar-refractivity contribution in [2.45, 2.75) is 19.3 Å². The number of aromatic nitrogens is 1. The molecule has 0 amide bonds. The highest BCUT2D eigenvalue weighted by Crippen LogP contribution is 2.20. The lowest BCUT2D eigenvalue weighted by atomic mass is 10.2. The van der Waals surface area contributed by atoms with E-state index in [1.807, 2.05) is 30.3 Å². The number of oxazole rings is 1. The van der Waals surface area contributed by atoms with E-state index in [2.05, 4.69) is 4.98 Å². The SMILES string of the molecule is O=C(O)CCCc1ncc(-c2ccccc2)o1. The van der Waals surface area contributed by atoms with Gasteiger partial charge in [-0.3, -0.25) is 4.79 Å². The summed E-state index contributed by atoms with van der Waals surface area (Å²) >= 11 is 0. The van der Waals surface area contributed by atoms with E-state index in [0.29, 0.717) is 18.7 Å². The smallest absolute Gasteiger partial charge is 0.303 e. The molecule has 0 saturated heterocycles. The minimum absolute atomic E-state index is 0.142. The molecule has 1 heterocycles. The van der Waals surface area contributed by atoms with E-state index >= 15 is 0 Å². The number of carboxylic acids is 1. The molecular weight excluding hydrogens is 218 g/mol. The fourth-order valence-electron chi connectivity index (χ4n) is 1.55. The molecule has 0 aliphatic rings. The van der Waals surface area contributed by atoms with Gasteiger partial charge in [0.15, 0.2) is 11.7 Å². The summed E-state index contributed by atoms with van der Waals surface area (Å²) in [6.45, 7) is 0. The molecule has 1 aromatic carbocycles. The summed E-state index contributed by atoms with van der Waals surface area (Å²) in [5.74, 6) is 0.515. The van der Waals surface area contributed by atoms with Crippen LogP contribution in [0, 0.1) is 0 Å². The molecule has 17 heavy (non-hydrogen) atoms. The molecule has 0 unspecified atom stereocenters. The van der Waals surface area contributed by atoms with Crippen molar-refractivity contribution in [1.29, 1.82) is 0 Å². The summed E-state index contributed by atoms with van der Waals surface area (Å²) in [7, 11) is 0. The van der Waals surface area contributed by atoms with Crippen LogP contribution in [0.25, 0.3) is 11.3 Å².